The summed E-state index contributed by atoms with van der Waals surface area (Å²) in [6, 6.07) is 13.6. The molecule has 3 rings (SSSR count). The largest absolute Gasteiger partial charge is 0.435 e. The molecule has 1 atom stereocenters. The van der Waals surface area contributed by atoms with Gasteiger partial charge in [0.05, 0.1) is 6.61 Å². The molecule has 0 saturated carbocycles. The van der Waals surface area contributed by atoms with E-state index in [2.05, 4.69) is 4.74 Å². The highest BCUT2D eigenvalue weighted by Gasteiger charge is 2.27. The predicted octanol–water partition coefficient (Wildman–Crippen LogP) is 3.49. The number of halogens is 2. The minimum absolute atomic E-state index is 0.0349. The van der Waals surface area contributed by atoms with Crippen molar-refractivity contribution in [2.75, 3.05) is 13.1 Å². The molecule has 6 heteroatoms. The van der Waals surface area contributed by atoms with Gasteiger partial charge in [0.1, 0.15) is 5.75 Å². The lowest BCUT2D eigenvalue weighted by atomic mass is 9.98. The van der Waals surface area contributed by atoms with Gasteiger partial charge in [-0.2, -0.15) is 8.78 Å². The second kappa shape index (κ2) is 8.27. The van der Waals surface area contributed by atoms with Crippen molar-refractivity contribution in [1.82, 2.24) is 4.90 Å². The molecule has 0 unspecified atom stereocenters. The van der Waals surface area contributed by atoms with Crippen LogP contribution in [0.3, 0.4) is 0 Å². The molecule has 1 amide bonds. The van der Waals surface area contributed by atoms with E-state index in [0.29, 0.717) is 24.6 Å². The second-order valence-corrected chi connectivity index (χ2v) is 6.49. The first kappa shape index (κ1) is 18.3. The Morgan fingerprint density at radius 2 is 1.77 bits per heavy atom. The number of nitrogens with zero attached hydrogens (tertiary/aromatic N) is 1. The monoisotopic (exact) mass is 361 g/mol. The number of likely N-dealkylation sites (tertiary alicyclic amines) is 1. The van der Waals surface area contributed by atoms with Crippen LogP contribution in [0.25, 0.3) is 0 Å². The van der Waals surface area contributed by atoms with Crippen LogP contribution in [0.4, 0.5) is 8.78 Å². The van der Waals surface area contributed by atoms with E-state index < -0.39 is 6.61 Å². The van der Waals surface area contributed by atoms with Crippen LogP contribution in [0.5, 0.6) is 5.75 Å². The molecular weight excluding hydrogens is 340 g/mol. The average molecular weight is 361 g/mol. The van der Waals surface area contributed by atoms with Crippen molar-refractivity contribution in [3.8, 4) is 5.75 Å². The number of carbonyl (C=O) groups is 1. The van der Waals surface area contributed by atoms with Crippen LogP contribution in [0.1, 0.15) is 27.9 Å². The van der Waals surface area contributed by atoms with E-state index >= 15 is 0 Å². The zero-order valence-corrected chi connectivity index (χ0v) is 14.3. The summed E-state index contributed by atoms with van der Waals surface area (Å²) in [5.74, 6) is 0.342. The van der Waals surface area contributed by atoms with Crippen molar-refractivity contribution in [2.45, 2.75) is 26.1 Å². The van der Waals surface area contributed by atoms with Gasteiger partial charge in [-0.25, -0.2) is 0 Å². The summed E-state index contributed by atoms with van der Waals surface area (Å²) in [5, 5.41) is 9.09. The number of benzene rings is 2. The standard InChI is InChI=1S/C20H21F2NO3/c21-20(22)26-18-7-5-17(6-8-18)19(25)23-10-9-16(12-23)11-14-1-3-15(13-24)4-2-14/h1-8,16,20,24H,9-13H2/t16-/m0/s1. The molecule has 2 aromatic rings. The van der Waals surface area contributed by atoms with Gasteiger partial charge >= 0.3 is 6.61 Å². The van der Waals surface area contributed by atoms with E-state index in [0.717, 1.165) is 18.4 Å². The summed E-state index contributed by atoms with van der Waals surface area (Å²) in [5.41, 5.74) is 2.55. The molecule has 26 heavy (non-hydrogen) atoms. The first-order chi connectivity index (χ1) is 12.5. The summed E-state index contributed by atoms with van der Waals surface area (Å²) in [7, 11) is 0. The van der Waals surface area contributed by atoms with Gasteiger partial charge in [0.25, 0.3) is 5.91 Å². The highest BCUT2D eigenvalue weighted by atomic mass is 19.3. The number of ether oxygens (including phenoxy) is 1. The van der Waals surface area contributed by atoms with Gasteiger partial charge < -0.3 is 14.7 Å². The van der Waals surface area contributed by atoms with E-state index in [1.807, 2.05) is 24.3 Å². The Bertz CT molecular complexity index is 732. The van der Waals surface area contributed by atoms with Crippen LogP contribution in [0, 0.1) is 5.92 Å². The zero-order chi connectivity index (χ0) is 18.5. The first-order valence-corrected chi connectivity index (χ1v) is 8.58. The summed E-state index contributed by atoms with van der Waals surface area (Å²) >= 11 is 0. The van der Waals surface area contributed by atoms with E-state index in [4.69, 9.17) is 5.11 Å². The third kappa shape index (κ3) is 4.58. The lowest BCUT2D eigenvalue weighted by molar-refractivity contribution is -0.0498. The van der Waals surface area contributed by atoms with Crippen LogP contribution in [0.2, 0.25) is 0 Å². The Labute approximate surface area is 151 Å². The molecule has 4 nitrogen and oxygen atoms in total. The van der Waals surface area contributed by atoms with Crippen LogP contribution < -0.4 is 4.74 Å². The Morgan fingerprint density at radius 1 is 1.12 bits per heavy atom. The smallest absolute Gasteiger partial charge is 0.387 e. The molecule has 0 spiro atoms. The zero-order valence-electron chi connectivity index (χ0n) is 14.3. The number of carbonyl (C=O) groups excluding carboxylic acids is 1. The van der Waals surface area contributed by atoms with Crippen LogP contribution in [0.15, 0.2) is 48.5 Å². The normalized spacial score (nSPS) is 16.9. The first-order valence-electron chi connectivity index (χ1n) is 8.58. The minimum Gasteiger partial charge on any atom is -0.435 e. The minimum atomic E-state index is -2.87. The maximum Gasteiger partial charge on any atom is 0.387 e. The van der Waals surface area contributed by atoms with Gasteiger partial charge in [0, 0.05) is 18.7 Å². The highest BCUT2D eigenvalue weighted by molar-refractivity contribution is 5.94. The number of hydrogen-bond donors (Lipinski definition) is 1. The van der Waals surface area contributed by atoms with Gasteiger partial charge in [-0.05, 0) is 54.2 Å². The number of hydrogen-bond acceptors (Lipinski definition) is 3. The molecule has 1 fully saturated rings. The van der Waals surface area contributed by atoms with Gasteiger partial charge in [-0.15, -0.1) is 0 Å². The molecule has 1 aliphatic rings. The molecule has 1 aliphatic heterocycles. The molecule has 1 heterocycles. The Balaban J connectivity index is 1.56. The van der Waals surface area contributed by atoms with Crippen molar-refractivity contribution in [2.24, 2.45) is 5.92 Å². The molecule has 1 N–H and O–H groups in total. The third-order valence-corrected chi connectivity index (χ3v) is 4.63. The molecule has 2 aromatic carbocycles. The van der Waals surface area contributed by atoms with Crippen molar-refractivity contribution in [1.29, 1.82) is 0 Å². The average Bonchev–Trinajstić information content (AvgIpc) is 3.10. The van der Waals surface area contributed by atoms with Gasteiger partial charge in [-0.3, -0.25) is 4.79 Å². The number of aliphatic hydroxyl groups excluding tert-OH is 1. The topological polar surface area (TPSA) is 49.8 Å². The maximum atomic E-state index is 12.6. The number of rotatable bonds is 6. The fraction of sp³-hybridized carbons (Fsp3) is 0.350. The summed E-state index contributed by atoms with van der Waals surface area (Å²) in [6.07, 6.45) is 1.82. The van der Waals surface area contributed by atoms with Gasteiger partial charge in [0.2, 0.25) is 0 Å². The van der Waals surface area contributed by atoms with E-state index in [-0.39, 0.29) is 18.3 Å². The Morgan fingerprint density at radius 3 is 2.38 bits per heavy atom. The number of amides is 1. The molecule has 1 saturated heterocycles. The number of alkyl halides is 2. The summed E-state index contributed by atoms with van der Waals surface area (Å²) < 4.78 is 28.7. The van der Waals surface area contributed by atoms with Crippen LogP contribution >= 0.6 is 0 Å². The molecule has 0 bridgehead atoms. The van der Waals surface area contributed by atoms with E-state index in [1.165, 1.54) is 29.8 Å². The van der Waals surface area contributed by atoms with Gasteiger partial charge in [-0.1, -0.05) is 24.3 Å². The lowest BCUT2D eigenvalue weighted by Gasteiger charge is -2.17. The SMILES string of the molecule is O=C(c1ccc(OC(F)F)cc1)N1CC[C@@H](Cc2ccc(CO)cc2)C1. The van der Waals surface area contributed by atoms with Crippen LogP contribution in [-0.4, -0.2) is 35.6 Å². The Kier molecular flexibility index (Phi) is 5.83. The summed E-state index contributed by atoms with van der Waals surface area (Å²) in [6.45, 7) is -1.47. The van der Waals surface area contributed by atoms with Gasteiger partial charge in [0.15, 0.2) is 0 Å². The van der Waals surface area contributed by atoms with Crippen molar-refractivity contribution >= 4 is 5.91 Å². The Hall–Kier alpha value is -2.47. The molecule has 0 aromatic heterocycles. The highest BCUT2D eigenvalue weighted by Crippen LogP contribution is 2.24. The van der Waals surface area contributed by atoms with Crippen molar-refractivity contribution < 1.29 is 23.4 Å². The van der Waals surface area contributed by atoms with Crippen molar-refractivity contribution in [3.63, 3.8) is 0 Å². The molecule has 0 radical (unpaired) electrons. The fourth-order valence-corrected chi connectivity index (χ4v) is 3.26. The van der Waals surface area contributed by atoms with E-state index in [9.17, 15) is 13.6 Å². The molecule has 138 valence electrons. The molecular formula is C20H21F2NO3. The second-order valence-electron chi connectivity index (χ2n) is 6.49. The maximum absolute atomic E-state index is 12.6. The third-order valence-electron chi connectivity index (χ3n) is 4.63. The molecule has 0 aliphatic carbocycles. The van der Waals surface area contributed by atoms with Crippen molar-refractivity contribution in [3.05, 3.63) is 65.2 Å². The summed E-state index contributed by atoms with van der Waals surface area (Å²) in [4.78, 5) is 14.4. The lowest BCUT2D eigenvalue weighted by Crippen LogP contribution is -2.28. The number of aliphatic hydroxyl groups is 1. The predicted molar refractivity (Wildman–Crippen MR) is 93.2 cm³/mol. The van der Waals surface area contributed by atoms with Crippen LogP contribution in [-0.2, 0) is 13.0 Å². The quantitative estimate of drug-likeness (QED) is 0.857. The fourth-order valence-electron chi connectivity index (χ4n) is 3.26. The van der Waals surface area contributed by atoms with E-state index in [1.54, 1.807) is 4.90 Å².